The van der Waals surface area contributed by atoms with E-state index in [9.17, 15) is 0 Å². The zero-order valence-electron chi connectivity index (χ0n) is 10.2. The quantitative estimate of drug-likeness (QED) is 0.928. The second-order valence-corrected chi connectivity index (χ2v) is 4.95. The van der Waals surface area contributed by atoms with E-state index in [4.69, 9.17) is 19.9 Å². The molecule has 0 bridgehead atoms. The minimum atomic E-state index is -0.302. The smallest absolute Gasteiger partial charge is 0.175 e. The van der Waals surface area contributed by atoms with E-state index in [1.807, 2.05) is 6.07 Å². The van der Waals surface area contributed by atoms with Crippen LogP contribution in [-0.2, 0) is 5.54 Å². The second kappa shape index (κ2) is 4.38. The maximum atomic E-state index is 6.25. The zero-order chi connectivity index (χ0) is 12.6. The molecule has 0 unspecified atom stereocenters. The Labute approximate surface area is 109 Å². The summed E-state index contributed by atoms with van der Waals surface area (Å²) in [5, 5.41) is 0. The van der Waals surface area contributed by atoms with Crippen molar-refractivity contribution in [2.45, 2.75) is 18.4 Å². The van der Waals surface area contributed by atoms with E-state index in [1.54, 1.807) is 21.3 Å². The Bertz CT molecular complexity index is 444. The molecule has 0 heterocycles. The lowest BCUT2D eigenvalue weighted by Crippen LogP contribution is -2.20. The van der Waals surface area contributed by atoms with E-state index in [0.29, 0.717) is 11.5 Å². The van der Waals surface area contributed by atoms with Gasteiger partial charge in [0.1, 0.15) is 5.75 Å². The average Bonchev–Trinajstić information content (AvgIpc) is 3.06. The van der Waals surface area contributed by atoms with Crippen molar-refractivity contribution in [2.24, 2.45) is 5.73 Å². The van der Waals surface area contributed by atoms with E-state index in [-0.39, 0.29) is 5.54 Å². The van der Waals surface area contributed by atoms with Gasteiger partial charge < -0.3 is 19.9 Å². The molecule has 4 nitrogen and oxygen atoms in total. The summed E-state index contributed by atoms with van der Waals surface area (Å²) in [5.74, 6) is 2.01. The van der Waals surface area contributed by atoms with Gasteiger partial charge in [-0.15, -0.1) is 0 Å². The number of ether oxygens (including phenoxy) is 3. The lowest BCUT2D eigenvalue weighted by atomic mass is 10.0. The van der Waals surface area contributed by atoms with Crippen LogP contribution in [0.3, 0.4) is 0 Å². The third-order valence-corrected chi connectivity index (χ3v) is 3.84. The van der Waals surface area contributed by atoms with Gasteiger partial charge in [0.2, 0.25) is 0 Å². The minimum absolute atomic E-state index is 0.302. The lowest BCUT2D eigenvalue weighted by molar-refractivity contribution is 0.344. The van der Waals surface area contributed by atoms with Gasteiger partial charge in [-0.1, -0.05) is 0 Å². The Balaban J connectivity index is 2.64. The molecule has 17 heavy (non-hydrogen) atoms. The van der Waals surface area contributed by atoms with Gasteiger partial charge in [-0.25, -0.2) is 0 Å². The second-order valence-electron chi connectivity index (χ2n) is 4.16. The Morgan fingerprint density at radius 3 is 2.12 bits per heavy atom. The van der Waals surface area contributed by atoms with Crippen LogP contribution in [0.25, 0.3) is 0 Å². The Morgan fingerprint density at radius 1 is 1.12 bits per heavy atom. The van der Waals surface area contributed by atoms with Gasteiger partial charge in [0, 0.05) is 17.2 Å². The fourth-order valence-corrected chi connectivity index (χ4v) is 2.89. The van der Waals surface area contributed by atoms with Crippen molar-refractivity contribution >= 4 is 15.9 Å². The summed E-state index contributed by atoms with van der Waals surface area (Å²) in [7, 11) is 4.83. The molecule has 0 aromatic heterocycles. The highest BCUT2D eigenvalue weighted by molar-refractivity contribution is 9.10. The Morgan fingerprint density at radius 2 is 1.71 bits per heavy atom. The van der Waals surface area contributed by atoms with Crippen molar-refractivity contribution in [1.29, 1.82) is 0 Å². The van der Waals surface area contributed by atoms with Gasteiger partial charge in [0.25, 0.3) is 0 Å². The number of methoxy groups -OCH3 is 3. The number of hydrogen-bond donors (Lipinski definition) is 1. The number of nitrogens with two attached hydrogens (primary N) is 1. The van der Waals surface area contributed by atoms with Gasteiger partial charge in [0.15, 0.2) is 11.5 Å². The van der Waals surface area contributed by atoms with Crippen LogP contribution in [0.5, 0.6) is 17.2 Å². The van der Waals surface area contributed by atoms with Crippen molar-refractivity contribution in [2.75, 3.05) is 21.3 Å². The molecule has 1 aliphatic carbocycles. The van der Waals surface area contributed by atoms with E-state index >= 15 is 0 Å². The molecule has 0 aliphatic heterocycles. The van der Waals surface area contributed by atoms with Crippen molar-refractivity contribution in [3.8, 4) is 17.2 Å². The summed E-state index contributed by atoms with van der Waals surface area (Å²) in [6, 6.07) is 1.81. The molecule has 0 atom stereocenters. The third kappa shape index (κ3) is 1.98. The Kier molecular flexibility index (Phi) is 3.23. The van der Waals surface area contributed by atoms with Crippen LogP contribution < -0.4 is 19.9 Å². The van der Waals surface area contributed by atoms with Crippen LogP contribution in [0.15, 0.2) is 10.5 Å². The fraction of sp³-hybridized carbons (Fsp3) is 0.500. The molecule has 1 aromatic carbocycles. The number of benzene rings is 1. The highest BCUT2D eigenvalue weighted by atomic mass is 79.9. The van der Waals surface area contributed by atoms with E-state index < -0.39 is 0 Å². The molecule has 1 aliphatic rings. The molecule has 1 fully saturated rings. The highest BCUT2D eigenvalue weighted by Gasteiger charge is 2.45. The van der Waals surface area contributed by atoms with E-state index in [1.165, 1.54) is 0 Å². The SMILES string of the molecule is COc1cc(OC)c(C2(N)CC2)c(Br)c1OC. The van der Waals surface area contributed by atoms with Gasteiger partial charge in [-0.2, -0.15) is 0 Å². The molecule has 94 valence electrons. The standard InChI is InChI=1S/C12H16BrNO3/c1-15-7-6-8(16-2)11(17-3)10(13)9(7)12(14)4-5-12/h6H,4-5,14H2,1-3H3. The molecule has 2 rings (SSSR count). The number of rotatable bonds is 4. The van der Waals surface area contributed by atoms with Crippen LogP contribution in [0.4, 0.5) is 0 Å². The van der Waals surface area contributed by atoms with Crippen LogP contribution in [0, 0.1) is 0 Å². The first-order valence-electron chi connectivity index (χ1n) is 5.35. The first kappa shape index (κ1) is 12.5. The first-order chi connectivity index (χ1) is 8.07. The van der Waals surface area contributed by atoms with Crippen molar-refractivity contribution in [3.63, 3.8) is 0 Å². The predicted octanol–water partition coefficient (Wildman–Crippen LogP) is 2.42. The van der Waals surface area contributed by atoms with Gasteiger partial charge in [-0.05, 0) is 28.8 Å². The number of hydrogen-bond acceptors (Lipinski definition) is 4. The molecule has 2 N–H and O–H groups in total. The zero-order valence-corrected chi connectivity index (χ0v) is 11.8. The van der Waals surface area contributed by atoms with Crippen molar-refractivity contribution < 1.29 is 14.2 Å². The molecule has 1 saturated carbocycles. The lowest BCUT2D eigenvalue weighted by Gasteiger charge is -2.20. The summed E-state index contributed by atoms with van der Waals surface area (Å²) < 4.78 is 16.8. The monoisotopic (exact) mass is 301 g/mol. The topological polar surface area (TPSA) is 53.7 Å². The van der Waals surface area contributed by atoms with E-state index in [2.05, 4.69) is 15.9 Å². The predicted molar refractivity (Wildman–Crippen MR) is 68.9 cm³/mol. The Hall–Kier alpha value is -0.940. The maximum absolute atomic E-state index is 6.25. The molecule has 0 amide bonds. The summed E-state index contributed by atoms with van der Waals surface area (Å²) in [4.78, 5) is 0. The molecule has 0 radical (unpaired) electrons. The first-order valence-corrected chi connectivity index (χ1v) is 6.14. The summed E-state index contributed by atoms with van der Waals surface area (Å²) in [5.41, 5.74) is 6.91. The summed E-state index contributed by atoms with van der Waals surface area (Å²) in [6.45, 7) is 0. The van der Waals surface area contributed by atoms with Crippen LogP contribution in [-0.4, -0.2) is 21.3 Å². The van der Waals surface area contributed by atoms with Gasteiger partial charge >= 0.3 is 0 Å². The largest absolute Gasteiger partial charge is 0.496 e. The van der Waals surface area contributed by atoms with Crippen LogP contribution in [0.1, 0.15) is 18.4 Å². The number of halogens is 1. The van der Waals surface area contributed by atoms with Crippen LogP contribution in [0.2, 0.25) is 0 Å². The minimum Gasteiger partial charge on any atom is -0.496 e. The molecule has 1 aromatic rings. The normalized spacial score (nSPS) is 16.5. The molecule has 0 saturated heterocycles. The van der Waals surface area contributed by atoms with E-state index in [0.717, 1.165) is 28.6 Å². The third-order valence-electron chi connectivity index (χ3n) is 3.08. The van der Waals surface area contributed by atoms with Gasteiger partial charge in [-0.3, -0.25) is 0 Å². The van der Waals surface area contributed by atoms with Crippen LogP contribution >= 0.6 is 15.9 Å². The summed E-state index contributed by atoms with van der Waals surface area (Å²) in [6.07, 6.45) is 1.91. The van der Waals surface area contributed by atoms with Crippen molar-refractivity contribution in [1.82, 2.24) is 0 Å². The average molecular weight is 302 g/mol. The fourth-order valence-electron chi connectivity index (χ4n) is 1.94. The molecular formula is C12H16BrNO3. The highest BCUT2D eigenvalue weighted by Crippen LogP contribution is 2.54. The van der Waals surface area contributed by atoms with Gasteiger partial charge in [0.05, 0.1) is 25.8 Å². The maximum Gasteiger partial charge on any atom is 0.175 e. The molecular weight excluding hydrogens is 286 g/mol. The van der Waals surface area contributed by atoms with Crippen molar-refractivity contribution in [3.05, 3.63) is 16.1 Å². The molecule has 5 heteroatoms. The molecule has 0 spiro atoms. The summed E-state index contributed by atoms with van der Waals surface area (Å²) >= 11 is 3.54.